The predicted octanol–water partition coefficient (Wildman–Crippen LogP) is 1.19. The second kappa shape index (κ2) is 3.29. The normalized spacial score (nSPS) is 37.2. The first-order valence-electron chi connectivity index (χ1n) is 5.10. The molecular formula is C10H17NO2. The van der Waals surface area contributed by atoms with E-state index in [1.54, 1.807) is 0 Å². The van der Waals surface area contributed by atoms with Gasteiger partial charge in [0.15, 0.2) is 0 Å². The van der Waals surface area contributed by atoms with E-state index in [1.165, 1.54) is 25.7 Å². The van der Waals surface area contributed by atoms with E-state index in [0.717, 1.165) is 11.8 Å². The summed E-state index contributed by atoms with van der Waals surface area (Å²) in [5.74, 6) is 1.04. The van der Waals surface area contributed by atoms with Crippen LogP contribution in [0, 0.1) is 11.8 Å². The number of carboxylic acid groups (broad SMARTS) is 1. The highest BCUT2D eigenvalue weighted by molar-refractivity contribution is 5.69. The largest absolute Gasteiger partial charge is 0.480 e. The van der Waals surface area contributed by atoms with E-state index in [2.05, 4.69) is 0 Å². The van der Waals surface area contributed by atoms with Crippen molar-refractivity contribution in [2.24, 2.45) is 11.8 Å². The Balaban J connectivity index is 1.88. The number of nitrogens with zero attached hydrogens (tertiary/aromatic N) is 1. The standard InChI is InChI=1S/C10H17NO2/c1-11(6-10(12)13)9-4-2-3-7-5-8(7)9/h7-9H,2-6H2,1H3,(H,12,13). The summed E-state index contributed by atoms with van der Waals surface area (Å²) >= 11 is 0. The van der Waals surface area contributed by atoms with E-state index >= 15 is 0 Å². The molecule has 3 nitrogen and oxygen atoms in total. The third-order valence-corrected chi connectivity index (χ3v) is 3.50. The monoisotopic (exact) mass is 183 g/mol. The Kier molecular flexibility index (Phi) is 2.28. The van der Waals surface area contributed by atoms with Crippen molar-refractivity contribution in [3.05, 3.63) is 0 Å². The number of likely N-dealkylation sites (N-methyl/N-ethyl adjacent to an activating group) is 1. The van der Waals surface area contributed by atoms with Crippen molar-refractivity contribution in [3.63, 3.8) is 0 Å². The van der Waals surface area contributed by atoms with Crippen molar-refractivity contribution < 1.29 is 9.90 Å². The molecule has 3 heteroatoms. The Morgan fingerprint density at radius 1 is 1.54 bits per heavy atom. The van der Waals surface area contributed by atoms with Gasteiger partial charge >= 0.3 is 5.97 Å². The number of hydrogen-bond acceptors (Lipinski definition) is 2. The van der Waals surface area contributed by atoms with Gasteiger partial charge in [-0.25, -0.2) is 0 Å². The summed E-state index contributed by atoms with van der Waals surface area (Å²) in [4.78, 5) is 12.6. The Labute approximate surface area is 78.7 Å². The van der Waals surface area contributed by atoms with E-state index in [-0.39, 0.29) is 6.54 Å². The molecule has 0 aliphatic heterocycles. The molecule has 13 heavy (non-hydrogen) atoms. The van der Waals surface area contributed by atoms with Crippen LogP contribution in [-0.2, 0) is 4.79 Å². The number of carboxylic acids is 1. The van der Waals surface area contributed by atoms with Gasteiger partial charge < -0.3 is 5.11 Å². The maximum absolute atomic E-state index is 10.5. The zero-order chi connectivity index (χ0) is 9.42. The highest BCUT2D eigenvalue weighted by Gasteiger charge is 2.46. The van der Waals surface area contributed by atoms with E-state index in [0.29, 0.717) is 6.04 Å². The Hall–Kier alpha value is -0.570. The molecule has 0 aromatic carbocycles. The molecule has 2 saturated carbocycles. The average molecular weight is 183 g/mol. The summed E-state index contributed by atoms with van der Waals surface area (Å²) in [6, 6.07) is 0.551. The number of rotatable bonds is 3. The molecule has 0 spiro atoms. The van der Waals surface area contributed by atoms with Gasteiger partial charge in [-0.3, -0.25) is 9.69 Å². The van der Waals surface area contributed by atoms with E-state index < -0.39 is 5.97 Å². The number of carbonyl (C=O) groups is 1. The van der Waals surface area contributed by atoms with Gasteiger partial charge in [0, 0.05) is 6.04 Å². The number of fused-ring (bicyclic) bond motifs is 1. The second-order valence-corrected chi connectivity index (χ2v) is 4.47. The minimum absolute atomic E-state index is 0.202. The van der Waals surface area contributed by atoms with Gasteiger partial charge in [-0.05, 0) is 31.7 Å². The van der Waals surface area contributed by atoms with Crippen molar-refractivity contribution in [1.29, 1.82) is 0 Å². The molecule has 3 atom stereocenters. The molecule has 0 heterocycles. The van der Waals surface area contributed by atoms with Crippen molar-refractivity contribution in [2.75, 3.05) is 13.6 Å². The molecular weight excluding hydrogens is 166 g/mol. The Morgan fingerprint density at radius 3 is 3.00 bits per heavy atom. The Bertz CT molecular complexity index is 217. The van der Waals surface area contributed by atoms with Gasteiger partial charge in [0.05, 0.1) is 6.54 Å². The van der Waals surface area contributed by atoms with Crippen LogP contribution in [0.3, 0.4) is 0 Å². The average Bonchev–Trinajstić information content (AvgIpc) is 2.79. The van der Waals surface area contributed by atoms with Crippen LogP contribution in [0.1, 0.15) is 25.7 Å². The van der Waals surface area contributed by atoms with Crippen LogP contribution in [0.25, 0.3) is 0 Å². The first-order chi connectivity index (χ1) is 6.18. The maximum Gasteiger partial charge on any atom is 0.317 e. The third kappa shape index (κ3) is 1.85. The van der Waals surface area contributed by atoms with E-state index in [1.807, 2.05) is 11.9 Å². The van der Waals surface area contributed by atoms with Crippen LogP contribution in [-0.4, -0.2) is 35.6 Å². The fraction of sp³-hybridized carbons (Fsp3) is 0.900. The van der Waals surface area contributed by atoms with Gasteiger partial charge in [-0.2, -0.15) is 0 Å². The van der Waals surface area contributed by atoms with Crippen LogP contribution in [0.2, 0.25) is 0 Å². The van der Waals surface area contributed by atoms with Crippen LogP contribution in [0.5, 0.6) is 0 Å². The first-order valence-corrected chi connectivity index (χ1v) is 5.10. The summed E-state index contributed by atoms with van der Waals surface area (Å²) in [6.07, 6.45) is 5.21. The summed E-state index contributed by atoms with van der Waals surface area (Å²) in [5, 5.41) is 8.67. The second-order valence-electron chi connectivity index (χ2n) is 4.47. The van der Waals surface area contributed by atoms with Crippen LogP contribution >= 0.6 is 0 Å². The third-order valence-electron chi connectivity index (χ3n) is 3.50. The highest BCUT2D eigenvalue weighted by atomic mass is 16.4. The SMILES string of the molecule is CN(CC(=O)O)C1CCCC2CC21. The summed E-state index contributed by atoms with van der Waals surface area (Å²) in [7, 11) is 1.94. The molecule has 2 aliphatic carbocycles. The minimum Gasteiger partial charge on any atom is -0.480 e. The molecule has 1 N–H and O–H groups in total. The van der Waals surface area contributed by atoms with Crippen molar-refractivity contribution in [1.82, 2.24) is 4.90 Å². The molecule has 2 rings (SSSR count). The molecule has 2 fully saturated rings. The Morgan fingerprint density at radius 2 is 2.31 bits per heavy atom. The molecule has 0 amide bonds. The van der Waals surface area contributed by atoms with Crippen molar-refractivity contribution in [3.8, 4) is 0 Å². The van der Waals surface area contributed by atoms with Crippen LogP contribution in [0.4, 0.5) is 0 Å². The van der Waals surface area contributed by atoms with Crippen molar-refractivity contribution in [2.45, 2.75) is 31.7 Å². The van der Waals surface area contributed by atoms with Gasteiger partial charge in [-0.1, -0.05) is 12.8 Å². The van der Waals surface area contributed by atoms with Crippen molar-refractivity contribution >= 4 is 5.97 Å². The lowest BCUT2D eigenvalue weighted by molar-refractivity contribution is -0.138. The fourth-order valence-electron chi connectivity index (χ4n) is 2.76. The molecule has 3 unspecified atom stereocenters. The molecule has 0 aromatic heterocycles. The lowest BCUT2D eigenvalue weighted by Crippen LogP contribution is -2.38. The first kappa shape index (κ1) is 9.00. The quantitative estimate of drug-likeness (QED) is 0.714. The lowest BCUT2D eigenvalue weighted by Gasteiger charge is -2.29. The van der Waals surface area contributed by atoms with E-state index in [4.69, 9.17) is 5.11 Å². The smallest absolute Gasteiger partial charge is 0.317 e. The summed E-state index contributed by atoms with van der Waals surface area (Å²) in [6.45, 7) is 0.202. The molecule has 0 radical (unpaired) electrons. The molecule has 74 valence electrons. The zero-order valence-electron chi connectivity index (χ0n) is 8.07. The highest BCUT2D eigenvalue weighted by Crippen LogP contribution is 2.50. The molecule has 2 aliphatic rings. The predicted molar refractivity (Wildman–Crippen MR) is 49.5 cm³/mol. The minimum atomic E-state index is -0.703. The summed E-state index contributed by atoms with van der Waals surface area (Å²) < 4.78 is 0. The summed E-state index contributed by atoms with van der Waals surface area (Å²) in [5.41, 5.74) is 0. The topological polar surface area (TPSA) is 40.5 Å². The lowest BCUT2D eigenvalue weighted by atomic mass is 9.94. The van der Waals surface area contributed by atoms with Crippen LogP contribution in [0.15, 0.2) is 0 Å². The fourth-order valence-corrected chi connectivity index (χ4v) is 2.76. The van der Waals surface area contributed by atoms with Gasteiger partial charge in [0.2, 0.25) is 0 Å². The zero-order valence-corrected chi connectivity index (χ0v) is 8.07. The molecule has 0 bridgehead atoms. The van der Waals surface area contributed by atoms with Gasteiger partial charge in [-0.15, -0.1) is 0 Å². The van der Waals surface area contributed by atoms with Gasteiger partial charge in [0.25, 0.3) is 0 Å². The van der Waals surface area contributed by atoms with Gasteiger partial charge in [0.1, 0.15) is 0 Å². The number of hydrogen-bond donors (Lipinski definition) is 1. The molecule has 0 saturated heterocycles. The van der Waals surface area contributed by atoms with Crippen LogP contribution < -0.4 is 0 Å². The molecule has 0 aromatic rings. The maximum atomic E-state index is 10.5. The van der Waals surface area contributed by atoms with E-state index in [9.17, 15) is 4.79 Å². The number of aliphatic carboxylic acids is 1.